The van der Waals surface area contributed by atoms with Gasteiger partial charge in [0.15, 0.2) is 0 Å². The molecule has 1 aromatic heterocycles. The minimum Gasteiger partial charge on any atom is -0.315 e. The van der Waals surface area contributed by atoms with E-state index in [9.17, 15) is 4.21 Å². The zero-order chi connectivity index (χ0) is 9.97. The highest BCUT2D eigenvalue weighted by Crippen LogP contribution is 2.14. The Hall–Kier alpha value is -0.740. The number of hydrogen-bond acceptors (Lipinski definition) is 3. The molecule has 1 aliphatic rings. The van der Waals surface area contributed by atoms with Crippen LogP contribution in [0.5, 0.6) is 0 Å². The summed E-state index contributed by atoms with van der Waals surface area (Å²) >= 11 is 0. The van der Waals surface area contributed by atoms with E-state index in [1.807, 2.05) is 19.1 Å². The first-order chi connectivity index (χ1) is 6.77. The fourth-order valence-corrected chi connectivity index (χ4v) is 3.01. The Labute approximate surface area is 86.4 Å². The third kappa shape index (κ3) is 2.01. The molecule has 0 unspecified atom stereocenters. The molecule has 1 saturated heterocycles. The Balaban J connectivity index is 2.17. The summed E-state index contributed by atoms with van der Waals surface area (Å²) in [5.41, 5.74) is 1.12. The van der Waals surface area contributed by atoms with Gasteiger partial charge in [0.25, 0.3) is 0 Å². The van der Waals surface area contributed by atoms with Crippen LogP contribution in [0.1, 0.15) is 12.0 Å². The summed E-state index contributed by atoms with van der Waals surface area (Å²) in [6.45, 7) is 3.82. The Kier molecular flexibility index (Phi) is 2.93. The smallest absolute Gasteiger partial charge is 0.127 e. The Morgan fingerprint density at radius 2 is 2.50 bits per heavy atom. The molecule has 0 bridgehead atoms. The molecule has 0 spiro atoms. The van der Waals surface area contributed by atoms with Crippen LogP contribution in [0.25, 0.3) is 0 Å². The van der Waals surface area contributed by atoms with E-state index in [-0.39, 0.29) is 5.25 Å². The van der Waals surface area contributed by atoms with Gasteiger partial charge in [0.2, 0.25) is 0 Å². The highest BCUT2D eigenvalue weighted by Gasteiger charge is 2.22. The largest absolute Gasteiger partial charge is 0.315 e. The number of pyridine rings is 1. The fourth-order valence-electron chi connectivity index (χ4n) is 1.60. The summed E-state index contributed by atoms with van der Waals surface area (Å²) in [5, 5.41) is 4.18. The number of nitrogens with zero attached hydrogens (tertiary/aromatic N) is 1. The first-order valence-electron chi connectivity index (χ1n) is 4.81. The van der Waals surface area contributed by atoms with Crippen molar-refractivity contribution in [2.75, 3.05) is 13.1 Å². The number of hydrogen-bond donors (Lipinski definition) is 1. The number of aromatic nitrogens is 1. The van der Waals surface area contributed by atoms with Crippen LogP contribution < -0.4 is 5.32 Å². The van der Waals surface area contributed by atoms with E-state index >= 15 is 0 Å². The summed E-state index contributed by atoms with van der Waals surface area (Å²) in [6, 6.07) is 3.84. The second-order valence-corrected chi connectivity index (χ2v) is 5.26. The monoisotopic (exact) mass is 210 g/mol. The summed E-state index contributed by atoms with van der Waals surface area (Å²) in [5.74, 6) is 0. The van der Waals surface area contributed by atoms with E-state index in [1.165, 1.54) is 0 Å². The van der Waals surface area contributed by atoms with E-state index in [0.717, 1.165) is 30.1 Å². The SMILES string of the molecule is Cc1ccnc([S@@](=O)[C@H]2CCNC2)c1. The summed E-state index contributed by atoms with van der Waals surface area (Å²) in [4.78, 5) is 4.16. The van der Waals surface area contributed by atoms with Crippen molar-refractivity contribution in [1.82, 2.24) is 10.3 Å². The fraction of sp³-hybridized carbons (Fsp3) is 0.500. The zero-order valence-corrected chi connectivity index (χ0v) is 9.01. The van der Waals surface area contributed by atoms with E-state index in [4.69, 9.17) is 0 Å². The molecule has 0 aromatic carbocycles. The van der Waals surface area contributed by atoms with Crippen molar-refractivity contribution in [2.24, 2.45) is 0 Å². The second kappa shape index (κ2) is 4.19. The van der Waals surface area contributed by atoms with Crippen LogP contribution in [-0.4, -0.2) is 27.5 Å². The summed E-state index contributed by atoms with van der Waals surface area (Å²) in [6.07, 6.45) is 2.72. The molecule has 2 atom stereocenters. The van der Waals surface area contributed by atoms with Gasteiger partial charge in [-0.15, -0.1) is 0 Å². The zero-order valence-electron chi connectivity index (χ0n) is 8.19. The van der Waals surface area contributed by atoms with Crippen LogP contribution in [0.4, 0.5) is 0 Å². The van der Waals surface area contributed by atoms with Crippen molar-refractivity contribution in [3.8, 4) is 0 Å². The summed E-state index contributed by atoms with van der Waals surface area (Å²) in [7, 11) is -0.943. The van der Waals surface area contributed by atoms with Crippen LogP contribution in [-0.2, 0) is 10.8 Å². The van der Waals surface area contributed by atoms with Crippen molar-refractivity contribution in [2.45, 2.75) is 23.6 Å². The molecular formula is C10H14N2OS. The predicted molar refractivity (Wildman–Crippen MR) is 56.7 cm³/mol. The van der Waals surface area contributed by atoms with E-state index in [1.54, 1.807) is 6.20 Å². The molecule has 4 heteroatoms. The van der Waals surface area contributed by atoms with E-state index in [2.05, 4.69) is 10.3 Å². The highest BCUT2D eigenvalue weighted by atomic mass is 32.2. The Morgan fingerprint density at radius 3 is 3.14 bits per heavy atom. The maximum absolute atomic E-state index is 12.0. The lowest BCUT2D eigenvalue weighted by atomic mass is 10.3. The molecule has 1 aliphatic heterocycles. The molecule has 1 aromatic rings. The van der Waals surface area contributed by atoms with Gasteiger partial charge >= 0.3 is 0 Å². The van der Waals surface area contributed by atoms with Gasteiger partial charge in [0.1, 0.15) is 5.03 Å². The van der Waals surface area contributed by atoms with Gasteiger partial charge in [-0.3, -0.25) is 4.21 Å². The minimum absolute atomic E-state index is 0.240. The molecule has 2 rings (SSSR count). The average molecular weight is 210 g/mol. The molecule has 1 N–H and O–H groups in total. The average Bonchev–Trinajstić information content (AvgIpc) is 2.69. The topological polar surface area (TPSA) is 42.0 Å². The lowest BCUT2D eigenvalue weighted by Crippen LogP contribution is -2.19. The normalized spacial score (nSPS) is 23.6. The van der Waals surface area contributed by atoms with Crippen LogP contribution in [0.15, 0.2) is 23.4 Å². The lowest BCUT2D eigenvalue weighted by molar-refractivity contribution is 0.669. The standard InChI is InChI=1S/C10H14N2OS/c1-8-2-5-12-10(6-8)14(13)9-3-4-11-7-9/h2,5-6,9,11H,3-4,7H2,1H3/t9-,14-/m0/s1. The molecular weight excluding hydrogens is 196 g/mol. The minimum atomic E-state index is -0.943. The van der Waals surface area contributed by atoms with Crippen molar-refractivity contribution in [3.05, 3.63) is 23.9 Å². The molecule has 0 saturated carbocycles. The van der Waals surface area contributed by atoms with Gasteiger partial charge in [-0.1, -0.05) is 0 Å². The molecule has 76 valence electrons. The summed E-state index contributed by atoms with van der Waals surface area (Å²) < 4.78 is 12.0. The quantitative estimate of drug-likeness (QED) is 0.787. The second-order valence-electron chi connectivity index (χ2n) is 3.58. The maximum atomic E-state index is 12.0. The molecule has 0 aliphatic carbocycles. The highest BCUT2D eigenvalue weighted by molar-refractivity contribution is 7.85. The third-order valence-electron chi connectivity index (χ3n) is 2.41. The van der Waals surface area contributed by atoms with Crippen molar-refractivity contribution < 1.29 is 4.21 Å². The Morgan fingerprint density at radius 1 is 1.64 bits per heavy atom. The van der Waals surface area contributed by atoms with Gasteiger partial charge in [0.05, 0.1) is 16.0 Å². The first kappa shape index (κ1) is 9.80. The third-order valence-corrected chi connectivity index (χ3v) is 4.06. The molecule has 0 amide bonds. The van der Waals surface area contributed by atoms with Gasteiger partial charge in [-0.25, -0.2) is 4.98 Å². The maximum Gasteiger partial charge on any atom is 0.127 e. The van der Waals surface area contributed by atoms with Crippen LogP contribution in [0.2, 0.25) is 0 Å². The van der Waals surface area contributed by atoms with Crippen molar-refractivity contribution >= 4 is 10.8 Å². The Bertz CT molecular complexity index is 348. The lowest BCUT2D eigenvalue weighted by Gasteiger charge is -2.07. The number of nitrogens with one attached hydrogen (secondary N) is 1. The van der Waals surface area contributed by atoms with Crippen LogP contribution in [0, 0.1) is 6.92 Å². The van der Waals surface area contributed by atoms with E-state index in [0.29, 0.717) is 0 Å². The van der Waals surface area contributed by atoms with Crippen molar-refractivity contribution in [1.29, 1.82) is 0 Å². The molecule has 1 fully saturated rings. The van der Waals surface area contributed by atoms with Crippen molar-refractivity contribution in [3.63, 3.8) is 0 Å². The number of rotatable bonds is 2. The van der Waals surface area contributed by atoms with Crippen LogP contribution in [0.3, 0.4) is 0 Å². The first-order valence-corrected chi connectivity index (χ1v) is 6.02. The van der Waals surface area contributed by atoms with Gasteiger partial charge < -0.3 is 5.32 Å². The van der Waals surface area contributed by atoms with Gasteiger partial charge in [-0.2, -0.15) is 0 Å². The van der Waals surface area contributed by atoms with E-state index < -0.39 is 10.8 Å². The van der Waals surface area contributed by atoms with Gasteiger partial charge in [-0.05, 0) is 37.6 Å². The predicted octanol–water partition coefficient (Wildman–Crippen LogP) is 0.860. The van der Waals surface area contributed by atoms with Gasteiger partial charge in [0, 0.05) is 12.7 Å². The number of aryl methyl sites for hydroxylation is 1. The molecule has 2 heterocycles. The molecule has 0 radical (unpaired) electrons. The molecule has 14 heavy (non-hydrogen) atoms. The molecule has 3 nitrogen and oxygen atoms in total. The van der Waals surface area contributed by atoms with Crippen LogP contribution >= 0.6 is 0 Å².